The molecule has 7 heteroatoms. The molecule has 0 saturated heterocycles. The second-order valence-corrected chi connectivity index (χ2v) is 5.03. The molecule has 19 heavy (non-hydrogen) atoms. The van der Waals surface area contributed by atoms with Gasteiger partial charge in [-0.3, -0.25) is 10.1 Å². The van der Waals surface area contributed by atoms with Gasteiger partial charge in [-0.1, -0.05) is 18.9 Å². The lowest BCUT2D eigenvalue weighted by molar-refractivity contribution is 0.0992. The number of aromatic nitrogens is 2. The number of furan rings is 1. The van der Waals surface area contributed by atoms with Gasteiger partial charge in [-0.15, -0.1) is 16.7 Å². The van der Waals surface area contributed by atoms with Crippen molar-refractivity contribution in [2.24, 2.45) is 0 Å². The summed E-state index contributed by atoms with van der Waals surface area (Å²) < 4.78 is 10.6. The lowest BCUT2D eigenvalue weighted by Crippen LogP contribution is -2.11. The maximum atomic E-state index is 11.9. The third-order valence-corrected chi connectivity index (χ3v) is 2.61. The van der Waals surface area contributed by atoms with Crippen LogP contribution in [-0.2, 0) is 0 Å². The van der Waals surface area contributed by atoms with Gasteiger partial charge >= 0.3 is 6.01 Å². The molecular weight excluding hydrogens is 270 g/mol. The topological polar surface area (TPSA) is 81.2 Å². The molecule has 0 aliphatic heterocycles. The summed E-state index contributed by atoms with van der Waals surface area (Å²) in [4.78, 5) is 11.9. The minimum absolute atomic E-state index is 0.0468. The summed E-state index contributed by atoms with van der Waals surface area (Å²) >= 11 is 5.85. The molecule has 0 aliphatic rings. The highest BCUT2D eigenvalue weighted by Gasteiger charge is 2.17. The number of halogens is 1. The molecule has 2 aromatic heterocycles. The number of amides is 1. The highest BCUT2D eigenvalue weighted by Crippen LogP contribution is 2.22. The molecule has 1 amide bonds. The molecule has 0 bridgehead atoms. The Balaban J connectivity index is 2.07. The number of carbonyl (C=O) groups excluding carboxylic acids is 1. The van der Waals surface area contributed by atoms with Crippen LogP contribution >= 0.6 is 11.6 Å². The van der Waals surface area contributed by atoms with Crippen LogP contribution in [0.3, 0.4) is 0 Å². The van der Waals surface area contributed by atoms with Gasteiger partial charge in [0.15, 0.2) is 5.76 Å². The van der Waals surface area contributed by atoms with Crippen LogP contribution in [0, 0.1) is 0 Å². The fourth-order valence-corrected chi connectivity index (χ4v) is 1.48. The van der Waals surface area contributed by atoms with E-state index in [1.165, 1.54) is 0 Å². The summed E-state index contributed by atoms with van der Waals surface area (Å²) in [7, 11) is 0. The Morgan fingerprint density at radius 1 is 1.26 bits per heavy atom. The average molecular weight is 284 g/mol. The van der Waals surface area contributed by atoms with Crippen LogP contribution in [0.15, 0.2) is 21.0 Å². The molecule has 1 unspecified atom stereocenters. The first-order chi connectivity index (χ1) is 8.97. The number of carbonyl (C=O) groups is 1. The van der Waals surface area contributed by atoms with Gasteiger partial charge in [0.1, 0.15) is 5.76 Å². The van der Waals surface area contributed by atoms with Crippen molar-refractivity contribution in [2.75, 3.05) is 5.32 Å². The zero-order chi connectivity index (χ0) is 14.0. The minimum atomic E-state index is -0.456. The van der Waals surface area contributed by atoms with E-state index in [9.17, 15) is 4.79 Å². The monoisotopic (exact) mass is 283 g/mol. The zero-order valence-corrected chi connectivity index (χ0v) is 11.6. The van der Waals surface area contributed by atoms with Crippen LogP contribution in [0.5, 0.6) is 0 Å². The molecule has 0 spiro atoms. The summed E-state index contributed by atoms with van der Waals surface area (Å²) in [6, 6.07) is 3.24. The van der Waals surface area contributed by atoms with Crippen molar-refractivity contribution in [1.29, 1.82) is 0 Å². The zero-order valence-electron chi connectivity index (χ0n) is 10.8. The largest absolute Gasteiger partial charge is 0.454 e. The lowest BCUT2D eigenvalue weighted by atomic mass is 10.2. The number of nitrogens with zero attached hydrogens (tertiary/aromatic N) is 2. The molecule has 102 valence electrons. The maximum absolute atomic E-state index is 11.9. The highest BCUT2D eigenvalue weighted by molar-refractivity contribution is 6.20. The molecule has 0 radical (unpaired) electrons. The molecule has 6 nitrogen and oxygen atoms in total. The number of hydrogen-bond donors (Lipinski definition) is 1. The smallest absolute Gasteiger partial charge is 0.322 e. The minimum Gasteiger partial charge on any atom is -0.454 e. The van der Waals surface area contributed by atoms with E-state index in [0.717, 1.165) is 0 Å². The molecule has 0 fully saturated rings. The standard InChI is InChI=1S/C12H14ClN3O3/c1-6(2)11-15-16-12(19-11)14-10(17)9-5-4-8(18-9)7(3)13/h4-7H,1-3H3,(H,14,16,17). The Kier molecular flexibility index (Phi) is 3.90. The Hall–Kier alpha value is -1.82. The van der Waals surface area contributed by atoms with E-state index in [4.69, 9.17) is 20.4 Å². The number of nitrogens with one attached hydrogen (secondary N) is 1. The first-order valence-electron chi connectivity index (χ1n) is 5.86. The first-order valence-corrected chi connectivity index (χ1v) is 6.29. The second-order valence-electron chi connectivity index (χ2n) is 4.37. The van der Waals surface area contributed by atoms with Crippen molar-refractivity contribution in [2.45, 2.75) is 32.1 Å². The second kappa shape index (κ2) is 5.44. The van der Waals surface area contributed by atoms with Gasteiger partial charge in [0.2, 0.25) is 5.89 Å². The molecule has 1 N–H and O–H groups in total. The third-order valence-electron chi connectivity index (χ3n) is 2.40. The summed E-state index contributed by atoms with van der Waals surface area (Å²) in [5.41, 5.74) is 0. The highest BCUT2D eigenvalue weighted by atomic mass is 35.5. The predicted molar refractivity (Wildman–Crippen MR) is 69.3 cm³/mol. The van der Waals surface area contributed by atoms with Crippen LogP contribution < -0.4 is 5.32 Å². The van der Waals surface area contributed by atoms with Crippen molar-refractivity contribution in [3.63, 3.8) is 0 Å². The van der Waals surface area contributed by atoms with Crippen molar-refractivity contribution in [3.8, 4) is 0 Å². The SMILES string of the molecule is CC(C)c1nnc(NC(=O)c2ccc(C(C)Cl)o2)o1. The van der Waals surface area contributed by atoms with Crippen molar-refractivity contribution in [3.05, 3.63) is 29.5 Å². The van der Waals surface area contributed by atoms with Gasteiger partial charge in [-0.2, -0.15) is 0 Å². The summed E-state index contributed by atoms with van der Waals surface area (Å²) in [5, 5.41) is 9.72. The van der Waals surface area contributed by atoms with Crippen molar-refractivity contribution in [1.82, 2.24) is 10.2 Å². The summed E-state index contributed by atoms with van der Waals surface area (Å²) in [6.07, 6.45) is 0. The van der Waals surface area contributed by atoms with E-state index in [1.807, 2.05) is 13.8 Å². The van der Waals surface area contributed by atoms with E-state index < -0.39 is 5.91 Å². The Morgan fingerprint density at radius 3 is 2.53 bits per heavy atom. The van der Waals surface area contributed by atoms with Crippen LogP contribution in [0.2, 0.25) is 0 Å². The molecule has 2 rings (SSSR count). The molecule has 1 atom stereocenters. The average Bonchev–Trinajstić information content (AvgIpc) is 2.96. The first kappa shape index (κ1) is 13.6. The summed E-state index contributed by atoms with van der Waals surface area (Å²) in [6.45, 7) is 5.59. The van der Waals surface area contributed by atoms with Crippen LogP contribution in [0.1, 0.15) is 54.3 Å². The van der Waals surface area contributed by atoms with Gasteiger partial charge in [-0.25, -0.2) is 0 Å². The molecule has 0 aliphatic carbocycles. The van der Waals surface area contributed by atoms with Gasteiger partial charge in [0.25, 0.3) is 5.91 Å². The molecule has 0 aromatic carbocycles. The molecule has 2 heterocycles. The van der Waals surface area contributed by atoms with Crippen LogP contribution in [0.4, 0.5) is 6.01 Å². The maximum Gasteiger partial charge on any atom is 0.322 e. The quantitative estimate of drug-likeness (QED) is 0.870. The van der Waals surface area contributed by atoms with E-state index in [1.54, 1.807) is 19.1 Å². The number of alkyl halides is 1. The van der Waals surface area contributed by atoms with Gasteiger partial charge < -0.3 is 8.83 Å². The number of anilines is 1. The van der Waals surface area contributed by atoms with E-state index in [-0.39, 0.29) is 23.1 Å². The Bertz CT molecular complexity index is 574. The molecular formula is C12H14ClN3O3. The van der Waals surface area contributed by atoms with E-state index >= 15 is 0 Å². The normalized spacial score (nSPS) is 12.7. The summed E-state index contributed by atoms with van der Waals surface area (Å²) in [5.74, 6) is 0.782. The molecule has 2 aromatic rings. The van der Waals surface area contributed by atoms with Gasteiger partial charge in [0, 0.05) is 5.92 Å². The fraction of sp³-hybridized carbons (Fsp3) is 0.417. The molecule has 0 saturated carbocycles. The van der Waals surface area contributed by atoms with E-state index in [2.05, 4.69) is 15.5 Å². The van der Waals surface area contributed by atoms with Crippen molar-refractivity contribution >= 4 is 23.5 Å². The van der Waals surface area contributed by atoms with Crippen molar-refractivity contribution < 1.29 is 13.6 Å². The number of rotatable bonds is 4. The lowest BCUT2D eigenvalue weighted by Gasteiger charge is -1.98. The Morgan fingerprint density at radius 2 is 2.00 bits per heavy atom. The Labute approximate surface area is 115 Å². The fourth-order valence-electron chi connectivity index (χ4n) is 1.37. The van der Waals surface area contributed by atoms with Crippen LogP contribution in [-0.4, -0.2) is 16.1 Å². The van der Waals surface area contributed by atoms with Gasteiger partial charge in [-0.05, 0) is 19.1 Å². The van der Waals surface area contributed by atoms with E-state index in [0.29, 0.717) is 11.7 Å². The predicted octanol–water partition coefficient (Wildman–Crippen LogP) is 3.34. The van der Waals surface area contributed by atoms with Gasteiger partial charge in [0.05, 0.1) is 5.38 Å². The number of hydrogen-bond acceptors (Lipinski definition) is 5. The van der Waals surface area contributed by atoms with Crippen LogP contribution in [0.25, 0.3) is 0 Å². The third kappa shape index (κ3) is 3.14.